The number of rotatable bonds is 3. The highest BCUT2D eigenvalue weighted by molar-refractivity contribution is 5.31. The fraction of sp³-hybridized carbons (Fsp3) is 0.286. The number of aryl methyl sites for hydroxylation is 1. The lowest BCUT2D eigenvalue weighted by Crippen LogP contribution is -2.11. The Morgan fingerprint density at radius 1 is 1.32 bits per heavy atom. The van der Waals surface area contributed by atoms with Crippen LogP contribution in [0.15, 0.2) is 29.1 Å². The Labute approximate surface area is 110 Å². The zero-order valence-corrected chi connectivity index (χ0v) is 11.0. The molecule has 0 aliphatic heterocycles. The van der Waals surface area contributed by atoms with Crippen molar-refractivity contribution >= 4 is 0 Å². The van der Waals surface area contributed by atoms with Crippen LogP contribution in [0.4, 0.5) is 4.39 Å². The Kier molecular flexibility index (Phi) is 3.64. The molecule has 0 saturated heterocycles. The third kappa shape index (κ3) is 3.19. The number of hydrogen-bond acceptors (Lipinski definition) is 3. The Balaban J connectivity index is 2.32. The Morgan fingerprint density at radius 2 is 2.05 bits per heavy atom. The molecule has 1 N–H and O–H groups in total. The van der Waals surface area contributed by atoms with Gasteiger partial charge in [0.1, 0.15) is 17.4 Å². The molecular formula is C14H15FN2O2. The molecule has 0 unspecified atom stereocenters. The lowest BCUT2D eigenvalue weighted by atomic mass is 10.2. The van der Waals surface area contributed by atoms with Gasteiger partial charge in [-0.05, 0) is 18.6 Å². The Hall–Kier alpha value is -2.17. The lowest BCUT2D eigenvalue weighted by molar-refractivity contribution is 0.451. The monoisotopic (exact) mass is 262 g/mol. The van der Waals surface area contributed by atoms with E-state index in [9.17, 15) is 9.18 Å². The molecule has 0 aliphatic carbocycles. The van der Waals surface area contributed by atoms with Crippen LogP contribution in [0, 0.1) is 12.7 Å². The summed E-state index contributed by atoms with van der Waals surface area (Å²) in [5.74, 6) is 0.735. The molecule has 4 nitrogen and oxygen atoms in total. The summed E-state index contributed by atoms with van der Waals surface area (Å²) >= 11 is 0. The molecule has 2 aromatic rings. The molecule has 1 aromatic carbocycles. The SMILES string of the molecule is Cc1ccc(Oc2cc(=O)[nH]c(C(C)C)n2)cc1F. The maximum absolute atomic E-state index is 13.4. The molecule has 0 spiro atoms. The number of ether oxygens (including phenoxy) is 1. The summed E-state index contributed by atoms with van der Waals surface area (Å²) in [6.45, 7) is 5.49. The highest BCUT2D eigenvalue weighted by atomic mass is 19.1. The summed E-state index contributed by atoms with van der Waals surface area (Å²) in [5.41, 5.74) is 0.246. The van der Waals surface area contributed by atoms with Crippen LogP contribution in [0.3, 0.4) is 0 Å². The van der Waals surface area contributed by atoms with E-state index in [0.29, 0.717) is 17.1 Å². The van der Waals surface area contributed by atoms with Crippen LogP contribution in [-0.4, -0.2) is 9.97 Å². The minimum Gasteiger partial charge on any atom is -0.439 e. The molecule has 0 bridgehead atoms. The number of benzene rings is 1. The summed E-state index contributed by atoms with van der Waals surface area (Å²) < 4.78 is 18.8. The molecule has 1 aromatic heterocycles. The van der Waals surface area contributed by atoms with Gasteiger partial charge in [-0.25, -0.2) is 4.39 Å². The minimum atomic E-state index is -0.355. The predicted molar refractivity (Wildman–Crippen MR) is 70.2 cm³/mol. The largest absolute Gasteiger partial charge is 0.439 e. The number of aromatic nitrogens is 2. The molecule has 0 atom stereocenters. The first-order valence-electron chi connectivity index (χ1n) is 6.01. The van der Waals surface area contributed by atoms with E-state index in [1.807, 2.05) is 13.8 Å². The van der Waals surface area contributed by atoms with E-state index in [-0.39, 0.29) is 23.2 Å². The van der Waals surface area contributed by atoms with Gasteiger partial charge in [0.05, 0.1) is 6.07 Å². The first kappa shape index (κ1) is 13.3. The van der Waals surface area contributed by atoms with Crippen molar-refractivity contribution in [3.63, 3.8) is 0 Å². The molecule has 0 fully saturated rings. The number of hydrogen-bond donors (Lipinski definition) is 1. The molecule has 0 amide bonds. The maximum atomic E-state index is 13.4. The second-order valence-corrected chi connectivity index (χ2v) is 4.64. The van der Waals surface area contributed by atoms with Gasteiger partial charge in [-0.15, -0.1) is 0 Å². The zero-order chi connectivity index (χ0) is 14.0. The second kappa shape index (κ2) is 5.22. The van der Waals surface area contributed by atoms with Crippen LogP contribution >= 0.6 is 0 Å². The lowest BCUT2D eigenvalue weighted by Gasteiger charge is -2.08. The van der Waals surface area contributed by atoms with E-state index in [2.05, 4.69) is 9.97 Å². The van der Waals surface area contributed by atoms with Gasteiger partial charge in [0.2, 0.25) is 5.88 Å². The van der Waals surface area contributed by atoms with E-state index in [1.54, 1.807) is 19.1 Å². The average molecular weight is 262 g/mol. The third-order valence-corrected chi connectivity index (χ3v) is 2.65. The fourth-order valence-corrected chi connectivity index (χ4v) is 1.54. The van der Waals surface area contributed by atoms with Crippen molar-refractivity contribution < 1.29 is 9.13 Å². The molecule has 0 saturated carbocycles. The van der Waals surface area contributed by atoms with Gasteiger partial charge in [-0.2, -0.15) is 4.98 Å². The number of nitrogens with zero attached hydrogens (tertiary/aromatic N) is 1. The first-order valence-corrected chi connectivity index (χ1v) is 6.01. The van der Waals surface area contributed by atoms with Crippen molar-refractivity contribution in [1.29, 1.82) is 0 Å². The van der Waals surface area contributed by atoms with Crippen molar-refractivity contribution in [3.05, 3.63) is 51.8 Å². The number of aromatic amines is 1. The Morgan fingerprint density at radius 3 is 2.68 bits per heavy atom. The van der Waals surface area contributed by atoms with Crippen molar-refractivity contribution in [1.82, 2.24) is 9.97 Å². The van der Waals surface area contributed by atoms with Crippen molar-refractivity contribution in [3.8, 4) is 11.6 Å². The van der Waals surface area contributed by atoms with Crippen LogP contribution in [0.2, 0.25) is 0 Å². The van der Waals surface area contributed by atoms with Gasteiger partial charge in [-0.1, -0.05) is 19.9 Å². The summed E-state index contributed by atoms with van der Waals surface area (Å²) in [7, 11) is 0. The topological polar surface area (TPSA) is 55.0 Å². The molecule has 2 rings (SSSR count). The van der Waals surface area contributed by atoms with Gasteiger partial charge in [0.25, 0.3) is 5.56 Å². The van der Waals surface area contributed by atoms with Crippen LogP contribution in [0.25, 0.3) is 0 Å². The van der Waals surface area contributed by atoms with Crippen LogP contribution < -0.4 is 10.3 Å². The maximum Gasteiger partial charge on any atom is 0.254 e. The Bertz CT molecular complexity index is 650. The third-order valence-electron chi connectivity index (χ3n) is 2.65. The van der Waals surface area contributed by atoms with Crippen LogP contribution in [0.5, 0.6) is 11.6 Å². The minimum absolute atomic E-state index is 0.0750. The van der Waals surface area contributed by atoms with Gasteiger partial charge < -0.3 is 9.72 Å². The highest BCUT2D eigenvalue weighted by Gasteiger charge is 2.08. The first-order chi connectivity index (χ1) is 8.95. The predicted octanol–water partition coefficient (Wildman–Crippen LogP) is 3.13. The average Bonchev–Trinajstić information content (AvgIpc) is 2.33. The standard InChI is InChI=1S/C14H15FN2O2/c1-8(2)14-16-12(18)7-13(17-14)19-10-5-4-9(3)11(15)6-10/h4-8H,1-3H3,(H,16,17,18). The van der Waals surface area contributed by atoms with E-state index < -0.39 is 0 Å². The quantitative estimate of drug-likeness (QED) is 0.924. The van der Waals surface area contributed by atoms with E-state index >= 15 is 0 Å². The van der Waals surface area contributed by atoms with E-state index in [1.165, 1.54) is 12.1 Å². The van der Waals surface area contributed by atoms with Crippen LogP contribution in [0.1, 0.15) is 31.2 Å². The summed E-state index contributed by atoms with van der Waals surface area (Å²) in [6, 6.07) is 5.76. The van der Waals surface area contributed by atoms with Gasteiger partial charge >= 0.3 is 0 Å². The van der Waals surface area contributed by atoms with Gasteiger partial charge in [0, 0.05) is 12.0 Å². The van der Waals surface area contributed by atoms with E-state index in [0.717, 1.165) is 0 Å². The second-order valence-electron chi connectivity index (χ2n) is 4.64. The van der Waals surface area contributed by atoms with Crippen LogP contribution in [-0.2, 0) is 0 Å². The van der Waals surface area contributed by atoms with Crippen molar-refractivity contribution in [2.75, 3.05) is 0 Å². The number of halogens is 1. The van der Waals surface area contributed by atoms with Crippen molar-refractivity contribution in [2.24, 2.45) is 0 Å². The summed E-state index contributed by atoms with van der Waals surface area (Å²) in [6.07, 6.45) is 0. The van der Waals surface area contributed by atoms with E-state index in [4.69, 9.17) is 4.74 Å². The fourth-order valence-electron chi connectivity index (χ4n) is 1.54. The van der Waals surface area contributed by atoms with Crippen molar-refractivity contribution in [2.45, 2.75) is 26.7 Å². The molecule has 19 heavy (non-hydrogen) atoms. The molecule has 0 radical (unpaired) electrons. The van der Waals surface area contributed by atoms with Gasteiger partial charge in [-0.3, -0.25) is 4.79 Å². The summed E-state index contributed by atoms with van der Waals surface area (Å²) in [5, 5.41) is 0. The normalized spacial score (nSPS) is 10.8. The number of H-pyrrole nitrogens is 1. The van der Waals surface area contributed by atoms with Gasteiger partial charge in [0.15, 0.2) is 0 Å². The molecule has 100 valence electrons. The smallest absolute Gasteiger partial charge is 0.254 e. The molecular weight excluding hydrogens is 247 g/mol. The summed E-state index contributed by atoms with van der Waals surface area (Å²) in [4.78, 5) is 18.3. The highest BCUT2D eigenvalue weighted by Crippen LogP contribution is 2.21. The zero-order valence-electron chi connectivity index (χ0n) is 11.0. The molecule has 0 aliphatic rings. The molecule has 1 heterocycles. The molecule has 5 heteroatoms. The number of nitrogens with one attached hydrogen (secondary N) is 1.